The molecule has 8 nitrogen and oxygen atoms in total. The molecule has 2 aromatic rings. The molecule has 0 aromatic carbocycles. The smallest absolute Gasteiger partial charge is 0.259 e. The van der Waals surface area contributed by atoms with Crippen molar-refractivity contribution in [3.8, 4) is 0 Å². The van der Waals surface area contributed by atoms with E-state index in [2.05, 4.69) is 14.8 Å². The first-order chi connectivity index (χ1) is 11.4. The minimum Gasteiger partial charge on any atom is -0.372 e. The maximum atomic E-state index is 12.6. The summed E-state index contributed by atoms with van der Waals surface area (Å²) in [6.07, 6.45) is 6.36. The fourth-order valence-electron chi connectivity index (χ4n) is 2.85. The summed E-state index contributed by atoms with van der Waals surface area (Å²) in [6, 6.07) is -0.333. The van der Waals surface area contributed by atoms with Crippen LogP contribution in [0, 0.1) is 6.92 Å². The summed E-state index contributed by atoms with van der Waals surface area (Å²) in [4.78, 5) is 4.12. The average Bonchev–Trinajstić information content (AvgIpc) is 3.15. The van der Waals surface area contributed by atoms with E-state index in [4.69, 9.17) is 4.74 Å². The van der Waals surface area contributed by atoms with Gasteiger partial charge in [-0.3, -0.25) is 4.68 Å². The molecule has 0 radical (unpaired) electrons. The van der Waals surface area contributed by atoms with Crippen molar-refractivity contribution in [3.05, 3.63) is 30.0 Å². The molecule has 1 saturated heterocycles. The van der Waals surface area contributed by atoms with E-state index in [1.807, 2.05) is 13.1 Å². The van der Waals surface area contributed by atoms with Crippen LogP contribution in [0.5, 0.6) is 0 Å². The first kappa shape index (κ1) is 17.1. The highest BCUT2D eigenvalue weighted by atomic mass is 32.2. The van der Waals surface area contributed by atoms with Gasteiger partial charge in [-0.05, 0) is 26.7 Å². The molecule has 24 heavy (non-hydrogen) atoms. The molecule has 1 N–H and O–H groups in total. The average molecular weight is 353 g/mol. The second kappa shape index (κ2) is 6.66. The molecule has 3 rings (SSSR count). The molecule has 0 unspecified atom stereocenters. The van der Waals surface area contributed by atoms with Gasteiger partial charge >= 0.3 is 0 Å². The van der Waals surface area contributed by atoms with E-state index in [1.165, 1.54) is 6.20 Å². The van der Waals surface area contributed by atoms with E-state index in [-0.39, 0.29) is 17.2 Å². The molecular formula is C15H23N5O3S. The van der Waals surface area contributed by atoms with Crippen molar-refractivity contribution in [1.29, 1.82) is 0 Å². The molecule has 132 valence electrons. The Kier molecular flexibility index (Phi) is 4.75. The third-order valence-corrected chi connectivity index (χ3v) is 5.66. The largest absolute Gasteiger partial charge is 0.372 e. The van der Waals surface area contributed by atoms with Gasteiger partial charge in [-0.15, -0.1) is 0 Å². The van der Waals surface area contributed by atoms with Gasteiger partial charge in [0.05, 0.1) is 12.2 Å². The maximum Gasteiger partial charge on any atom is 0.259 e. The second-order valence-corrected chi connectivity index (χ2v) is 7.69. The summed E-state index contributed by atoms with van der Waals surface area (Å²) in [5.41, 5.74) is 0.890. The molecule has 9 heteroatoms. The number of sulfonamides is 1. The summed E-state index contributed by atoms with van der Waals surface area (Å²) in [6.45, 7) is 5.14. The molecule has 0 spiro atoms. The quantitative estimate of drug-likeness (QED) is 0.870. The molecule has 1 aliphatic heterocycles. The molecule has 0 amide bonds. The molecule has 0 bridgehead atoms. The van der Waals surface area contributed by atoms with Gasteiger partial charge in [0.15, 0.2) is 5.03 Å². The van der Waals surface area contributed by atoms with Crippen molar-refractivity contribution in [1.82, 2.24) is 24.1 Å². The van der Waals surface area contributed by atoms with Crippen molar-refractivity contribution < 1.29 is 13.2 Å². The highest BCUT2D eigenvalue weighted by Gasteiger charge is 2.33. The number of ether oxygens (including phenoxy) is 1. The number of hydrogen-bond donors (Lipinski definition) is 1. The lowest BCUT2D eigenvalue weighted by Crippen LogP contribution is -2.42. The molecule has 1 aliphatic rings. The normalized spacial score (nSPS) is 22.0. The minimum atomic E-state index is -3.69. The van der Waals surface area contributed by atoms with Crippen molar-refractivity contribution in [2.24, 2.45) is 7.05 Å². The minimum absolute atomic E-state index is 0.0380. The Labute approximate surface area is 141 Å². The number of aryl methyl sites for hydroxylation is 3. The monoisotopic (exact) mass is 353 g/mol. The van der Waals surface area contributed by atoms with Crippen LogP contribution in [0.4, 0.5) is 0 Å². The van der Waals surface area contributed by atoms with Crippen LogP contribution in [-0.4, -0.2) is 40.4 Å². The zero-order valence-corrected chi connectivity index (χ0v) is 15.0. The predicted octanol–water partition coefficient (Wildman–Crippen LogP) is 1.14. The second-order valence-electron chi connectivity index (χ2n) is 6.03. The van der Waals surface area contributed by atoms with Crippen molar-refractivity contribution in [2.75, 3.05) is 6.61 Å². The Bertz CT molecular complexity index is 791. The fraction of sp³-hybridized carbons (Fsp3) is 0.600. The Morgan fingerprint density at radius 3 is 2.83 bits per heavy atom. The number of hydrogen-bond acceptors (Lipinski definition) is 5. The standard InChI is InChI=1S/C15H23N5O3S/c1-4-20-9-12(8-16-20)15-13(6-5-7-23-15)18-24(21,22)14-10-19(3)11(2)17-14/h8-10,13,15,18H,4-7H2,1-3H3/t13-,15+/m0/s1. The van der Waals surface area contributed by atoms with Gasteiger partial charge in [-0.1, -0.05) is 0 Å². The van der Waals surface area contributed by atoms with Crippen molar-refractivity contribution >= 4 is 10.0 Å². The van der Waals surface area contributed by atoms with E-state index in [1.54, 1.807) is 29.4 Å². The zero-order chi connectivity index (χ0) is 17.3. The van der Waals surface area contributed by atoms with E-state index in [0.29, 0.717) is 18.9 Å². The van der Waals surface area contributed by atoms with E-state index in [0.717, 1.165) is 18.5 Å². The number of aromatic nitrogens is 4. The van der Waals surface area contributed by atoms with Crippen molar-refractivity contribution in [2.45, 2.75) is 50.4 Å². The number of nitrogens with zero attached hydrogens (tertiary/aromatic N) is 4. The summed E-state index contributed by atoms with van der Waals surface area (Å²) >= 11 is 0. The Hall–Kier alpha value is -1.71. The summed E-state index contributed by atoms with van der Waals surface area (Å²) in [5, 5.41) is 4.30. The van der Waals surface area contributed by atoms with Gasteiger partial charge in [-0.25, -0.2) is 18.1 Å². The highest BCUT2D eigenvalue weighted by Crippen LogP contribution is 2.29. The lowest BCUT2D eigenvalue weighted by molar-refractivity contribution is -0.00449. The van der Waals surface area contributed by atoms with Crippen LogP contribution in [-0.2, 0) is 28.4 Å². The Morgan fingerprint density at radius 2 is 2.21 bits per heavy atom. The zero-order valence-electron chi connectivity index (χ0n) is 14.1. The van der Waals surface area contributed by atoms with Crippen LogP contribution >= 0.6 is 0 Å². The lowest BCUT2D eigenvalue weighted by atomic mass is 9.99. The third-order valence-electron chi connectivity index (χ3n) is 4.30. The van der Waals surface area contributed by atoms with Crippen LogP contribution in [0.15, 0.2) is 23.6 Å². The first-order valence-electron chi connectivity index (χ1n) is 8.07. The lowest BCUT2D eigenvalue weighted by Gasteiger charge is -2.31. The van der Waals surface area contributed by atoms with Crippen LogP contribution in [0.25, 0.3) is 0 Å². The third kappa shape index (κ3) is 3.38. The Balaban J connectivity index is 1.83. The van der Waals surface area contributed by atoms with Gasteiger partial charge in [0.1, 0.15) is 11.9 Å². The number of rotatable bonds is 5. The van der Waals surface area contributed by atoms with E-state index in [9.17, 15) is 8.42 Å². The molecule has 2 atom stereocenters. The van der Waals surface area contributed by atoms with Crippen molar-refractivity contribution in [3.63, 3.8) is 0 Å². The molecule has 2 aromatic heterocycles. The SMILES string of the molecule is CCn1cc([C@H]2OCCC[C@@H]2NS(=O)(=O)c2cn(C)c(C)n2)cn1. The van der Waals surface area contributed by atoms with E-state index < -0.39 is 10.0 Å². The van der Waals surface area contributed by atoms with Gasteiger partial charge < -0.3 is 9.30 Å². The van der Waals surface area contributed by atoms with Crippen LogP contribution < -0.4 is 4.72 Å². The summed E-state index contributed by atoms with van der Waals surface area (Å²) in [7, 11) is -1.92. The first-order valence-corrected chi connectivity index (χ1v) is 9.55. The van der Waals surface area contributed by atoms with E-state index >= 15 is 0 Å². The maximum absolute atomic E-state index is 12.6. The number of imidazole rings is 1. The number of nitrogens with one attached hydrogen (secondary N) is 1. The fourth-order valence-corrected chi connectivity index (χ4v) is 4.16. The molecule has 0 saturated carbocycles. The Morgan fingerprint density at radius 1 is 1.42 bits per heavy atom. The summed E-state index contributed by atoms with van der Waals surface area (Å²) < 4.78 is 37.4. The molecule has 3 heterocycles. The van der Waals surface area contributed by atoms with Gasteiger partial charge in [-0.2, -0.15) is 5.10 Å². The predicted molar refractivity (Wildman–Crippen MR) is 87.9 cm³/mol. The van der Waals surface area contributed by atoms with Gasteiger partial charge in [0, 0.05) is 38.2 Å². The van der Waals surface area contributed by atoms with Gasteiger partial charge in [0.25, 0.3) is 10.0 Å². The highest BCUT2D eigenvalue weighted by molar-refractivity contribution is 7.89. The molecule has 1 fully saturated rings. The topological polar surface area (TPSA) is 91.0 Å². The van der Waals surface area contributed by atoms with Gasteiger partial charge in [0.2, 0.25) is 0 Å². The summed E-state index contributed by atoms with van der Waals surface area (Å²) in [5.74, 6) is 0.649. The van der Waals surface area contributed by atoms with Crippen LogP contribution in [0.2, 0.25) is 0 Å². The van der Waals surface area contributed by atoms with Crippen LogP contribution in [0.1, 0.15) is 37.3 Å². The van der Waals surface area contributed by atoms with Crippen LogP contribution in [0.3, 0.4) is 0 Å². The molecule has 0 aliphatic carbocycles. The molecular weight excluding hydrogens is 330 g/mol.